The molecule has 2 fully saturated rings. The largest absolute Gasteiger partial charge is 0.385 e. The molecule has 2 saturated heterocycles. The van der Waals surface area contributed by atoms with E-state index >= 15 is 0 Å². The van der Waals surface area contributed by atoms with E-state index in [1.165, 1.54) is 0 Å². The van der Waals surface area contributed by atoms with Gasteiger partial charge in [0.1, 0.15) is 5.65 Å². The van der Waals surface area contributed by atoms with Gasteiger partial charge in [-0.15, -0.1) is 0 Å². The Labute approximate surface area is 117 Å². The van der Waals surface area contributed by atoms with E-state index in [9.17, 15) is 13.5 Å². The van der Waals surface area contributed by atoms with Crippen LogP contribution < -0.4 is 0 Å². The Balaban J connectivity index is 1.78. The van der Waals surface area contributed by atoms with Crippen molar-refractivity contribution in [1.29, 1.82) is 0 Å². The third kappa shape index (κ3) is 1.58. The molecule has 2 unspecified atom stereocenters. The predicted molar refractivity (Wildman–Crippen MR) is 74.1 cm³/mol. The normalized spacial score (nSPS) is 35.5. The first-order chi connectivity index (χ1) is 9.49. The average Bonchev–Trinajstić information content (AvgIpc) is 2.90. The van der Waals surface area contributed by atoms with Crippen LogP contribution in [0.5, 0.6) is 0 Å². The summed E-state index contributed by atoms with van der Waals surface area (Å²) in [7, 11) is -3.02. The van der Waals surface area contributed by atoms with Gasteiger partial charge in [0.25, 0.3) is 0 Å². The molecule has 4 rings (SSSR count). The molecule has 6 heteroatoms. The molecular formula is C14H16N2O3S. The molecule has 0 spiro atoms. The highest BCUT2D eigenvalue weighted by molar-refractivity contribution is 7.93. The van der Waals surface area contributed by atoms with E-state index in [0.29, 0.717) is 25.7 Å². The summed E-state index contributed by atoms with van der Waals surface area (Å²) in [6.07, 6.45) is 7.39. The smallest absolute Gasteiger partial charge is 0.156 e. The third-order valence-corrected chi connectivity index (χ3v) is 7.46. The number of hydrogen-bond donors (Lipinski definition) is 1. The molecule has 4 heterocycles. The van der Waals surface area contributed by atoms with Crippen LogP contribution in [0.3, 0.4) is 0 Å². The van der Waals surface area contributed by atoms with Crippen molar-refractivity contribution in [2.75, 3.05) is 0 Å². The molecule has 2 aliphatic heterocycles. The fraction of sp³-hybridized carbons (Fsp3) is 0.500. The summed E-state index contributed by atoms with van der Waals surface area (Å²) < 4.78 is 26.1. The summed E-state index contributed by atoms with van der Waals surface area (Å²) in [5.41, 5.74) is 0.578. The number of nitrogens with zero attached hydrogens (tertiary/aromatic N) is 2. The fourth-order valence-corrected chi connectivity index (χ4v) is 6.17. The Morgan fingerprint density at radius 3 is 2.65 bits per heavy atom. The van der Waals surface area contributed by atoms with Gasteiger partial charge in [0, 0.05) is 24.2 Å². The van der Waals surface area contributed by atoms with Crippen molar-refractivity contribution in [1.82, 2.24) is 9.38 Å². The molecule has 0 saturated carbocycles. The zero-order chi connectivity index (χ0) is 14.0. The van der Waals surface area contributed by atoms with Crippen LogP contribution in [0.2, 0.25) is 0 Å². The molecule has 1 N–H and O–H groups in total. The average molecular weight is 292 g/mol. The minimum atomic E-state index is -3.02. The summed E-state index contributed by atoms with van der Waals surface area (Å²) in [6, 6.07) is 3.72. The SMILES string of the molecule is O=S1(=O)C2CCC1CC(O)(c1ccc3nccn3c1)C2. The molecule has 106 valence electrons. The van der Waals surface area contributed by atoms with Gasteiger partial charge in [0.15, 0.2) is 9.84 Å². The van der Waals surface area contributed by atoms with Crippen LogP contribution in [0.4, 0.5) is 0 Å². The molecule has 2 bridgehead atoms. The van der Waals surface area contributed by atoms with Crippen molar-refractivity contribution in [3.8, 4) is 0 Å². The van der Waals surface area contributed by atoms with Crippen LogP contribution in [0, 0.1) is 0 Å². The van der Waals surface area contributed by atoms with E-state index in [-0.39, 0.29) is 10.5 Å². The Kier molecular flexibility index (Phi) is 2.36. The van der Waals surface area contributed by atoms with Crippen molar-refractivity contribution in [3.05, 3.63) is 36.3 Å². The third-order valence-electron chi connectivity index (χ3n) is 4.80. The van der Waals surface area contributed by atoms with Gasteiger partial charge in [-0.1, -0.05) is 6.07 Å². The van der Waals surface area contributed by atoms with Crippen molar-refractivity contribution >= 4 is 15.5 Å². The topological polar surface area (TPSA) is 71.7 Å². The van der Waals surface area contributed by atoms with E-state index in [2.05, 4.69) is 4.98 Å². The van der Waals surface area contributed by atoms with Crippen LogP contribution in [-0.4, -0.2) is 33.4 Å². The molecule has 0 amide bonds. The summed E-state index contributed by atoms with van der Waals surface area (Å²) in [5.74, 6) is 0. The van der Waals surface area contributed by atoms with Crippen molar-refractivity contribution in [2.45, 2.75) is 41.8 Å². The van der Waals surface area contributed by atoms with E-state index in [0.717, 1.165) is 11.2 Å². The van der Waals surface area contributed by atoms with Crippen LogP contribution in [-0.2, 0) is 15.4 Å². The number of aliphatic hydroxyl groups is 1. The van der Waals surface area contributed by atoms with E-state index < -0.39 is 15.4 Å². The zero-order valence-corrected chi connectivity index (χ0v) is 11.8. The number of sulfone groups is 1. The lowest BCUT2D eigenvalue weighted by molar-refractivity contribution is 0.0169. The summed E-state index contributed by atoms with van der Waals surface area (Å²) >= 11 is 0. The number of aromatic nitrogens is 2. The van der Waals surface area contributed by atoms with Gasteiger partial charge >= 0.3 is 0 Å². The Morgan fingerprint density at radius 1 is 1.25 bits per heavy atom. The van der Waals surface area contributed by atoms with E-state index in [1.54, 1.807) is 6.20 Å². The number of hydrogen-bond acceptors (Lipinski definition) is 4. The fourth-order valence-electron chi connectivity index (χ4n) is 3.68. The summed E-state index contributed by atoms with van der Waals surface area (Å²) in [5, 5.41) is 10.2. The lowest BCUT2D eigenvalue weighted by atomic mass is 9.87. The van der Waals surface area contributed by atoms with Crippen molar-refractivity contribution < 1.29 is 13.5 Å². The monoisotopic (exact) mass is 292 g/mol. The van der Waals surface area contributed by atoms with E-state index in [1.807, 2.05) is 28.9 Å². The van der Waals surface area contributed by atoms with Gasteiger partial charge in [-0.25, -0.2) is 13.4 Å². The minimum absolute atomic E-state index is 0.312. The van der Waals surface area contributed by atoms with Gasteiger partial charge in [0.2, 0.25) is 0 Å². The van der Waals surface area contributed by atoms with Crippen molar-refractivity contribution in [2.24, 2.45) is 0 Å². The highest BCUT2D eigenvalue weighted by Crippen LogP contribution is 2.47. The highest BCUT2D eigenvalue weighted by Gasteiger charge is 2.53. The molecule has 5 nitrogen and oxygen atoms in total. The Bertz CT molecular complexity index is 761. The molecule has 2 aliphatic rings. The number of rotatable bonds is 1. The predicted octanol–water partition coefficient (Wildman–Crippen LogP) is 1.26. The number of pyridine rings is 1. The van der Waals surface area contributed by atoms with Gasteiger partial charge < -0.3 is 9.51 Å². The second-order valence-electron chi connectivity index (χ2n) is 5.96. The van der Waals surface area contributed by atoms with E-state index in [4.69, 9.17) is 0 Å². The second kappa shape index (κ2) is 3.83. The molecule has 0 aliphatic carbocycles. The van der Waals surface area contributed by atoms with Crippen LogP contribution in [0.25, 0.3) is 5.65 Å². The second-order valence-corrected chi connectivity index (χ2v) is 8.47. The van der Waals surface area contributed by atoms with Gasteiger partial charge in [-0.2, -0.15) is 0 Å². The van der Waals surface area contributed by atoms with Crippen molar-refractivity contribution in [3.63, 3.8) is 0 Å². The number of imidazole rings is 1. The van der Waals surface area contributed by atoms with Gasteiger partial charge in [-0.3, -0.25) is 0 Å². The highest BCUT2D eigenvalue weighted by atomic mass is 32.2. The molecule has 2 aromatic rings. The molecule has 2 aromatic heterocycles. The minimum Gasteiger partial charge on any atom is -0.385 e. The maximum absolute atomic E-state index is 12.1. The van der Waals surface area contributed by atoms with Crippen LogP contribution in [0.1, 0.15) is 31.2 Å². The Hall–Kier alpha value is -1.40. The molecule has 0 aromatic carbocycles. The summed E-state index contributed by atoms with van der Waals surface area (Å²) in [6.45, 7) is 0. The standard InChI is InChI=1S/C14H16N2O3S/c17-14(7-11-2-3-12(8-14)20(11,18)19)10-1-4-13-15-5-6-16(13)9-10/h1,4-6,9,11-12,17H,2-3,7-8H2. The number of fused-ring (bicyclic) bond motifs is 3. The van der Waals surface area contributed by atoms with Gasteiger partial charge in [0.05, 0.1) is 16.1 Å². The lowest BCUT2D eigenvalue weighted by Gasteiger charge is -2.36. The van der Waals surface area contributed by atoms with Crippen LogP contribution >= 0.6 is 0 Å². The Morgan fingerprint density at radius 2 is 1.95 bits per heavy atom. The van der Waals surface area contributed by atoms with Crippen LogP contribution in [0.15, 0.2) is 30.7 Å². The van der Waals surface area contributed by atoms with Gasteiger partial charge in [-0.05, 0) is 31.7 Å². The molecule has 20 heavy (non-hydrogen) atoms. The molecular weight excluding hydrogens is 276 g/mol. The maximum Gasteiger partial charge on any atom is 0.156 e. The zero-order valence-electron chi connectivity index (χ0n) is 10.9. The molecule has 2 atom stereocenters. The first-order valence-electron chi connectivity index (χ1n) is 6.87. The first kappa shape index (κ1) is 12.3. The maximum atomic E-state index is 12.1. The quantitative estimate of drug-likeness (QED) is 0.859. The lowest BCUT2D eigenvalue weighted by Crippen LogP contribution is -2.43. The molecule has 0 radical (unpaired) electrons. The summed E-state index contributed by atoms with van der Waals surface area (Å²) in [4.78, 5) is 4.18. The first-order valence-corrected chi connectivity index (χ1v) is 8.48.